The second-order valence-electron chi connectivity index (χ2n) is 7.32. The first-order chi connectivity index (χ1) is 11.7. The number of nitrogens with zero attached hydrogens (tertiary/aromatic N) is 1. The van der Waals surface area contributed by atoms with Crippen LogP contribution in [0.3, 0.4) is 0 Å². The molecule has 1 fully saturated rings. The average Bonchev–Trinajstić information content (AvgIpc) is 2.58. The molecule has 1 aliphatic carbocycles. The van der Waals surface area contributed by atoms with Crippen LogP contribution in [0.25, 0.3) is 0 Å². The first kappa shape index (κ1) is 19.7. The third-order valence-electron chi connectivity index (χ3n) is 5.45. The summed E-state index contributed by atoms with van der Waals surface area (Å²) in [6.45, 7) is 7.66. The highest BCUT2D eigenvalue weighted by atomic mass is 19.1. The number of ether oxygens (including phenoxy) is 1. The van der Waals surface area contributed by atoms with Crippen LogP contribution in [0.15, 0.2) is 24.3 Å². The molecule has 0 aromatic heterocycles. The Kier molecular flexibility index (Phi) is 6.06. The lowest BCUT2D eigenvalue weighted by Crippen LogP contribution is -2.75. The third kappa shape index (κ3) is 3.80. The zero-order chi connectivity index (χ0) is 18.7. The van der Waals surface area contributed by atoms with Gasteiger partial charge in [-0.15, -0.1) is 0 Å². The minimum atomic E-state index is -0.899. The van der Waals surface area contributed by atoms with Gasteiger partial charge in [-0.1, -0.05) is 26.0 Å². The number of amides is 1. The number of nitrogens with two attached hydrogens (primary N) is 1. The Hall–Kier alpha value is -1.66. The second kappa shape index (κ2) is 7.70. The van der Waals surface area contributed by atoms with E-state index in [4.69, 9.17) is 10.5 Å². The van der Waals surface area contributed by atoms with Gasteiger partial charge >= 0.3 is 0 Å². The van der Waals surface area contributed by atoms with E-state index in [0.29, 0.717) is 38.2 Å². The Morgan fingerprint density at radius 3 is 2.72 bits per heavy atom. The van der Waals surface area contributed by atoms with Gasteiger partial charge in [0.05, 0.1) is 11.8 Å². The van der Waals surface area contributed by atoms with Crippen LogP contribution in [0.4, 0.5) is 10.1 Å². The minimum Gasteiger partial charge on any atom is -0.378 e. The molecule has 0 bridgehead atoms. The smallest absolute Gasteiger partial charge is 0.240 e. The van der Waals surface area contributed by atoms with Crippen molar-refractivity contribution in [3.05, 3.63) is 30.1 Å². The Morgan fingerprint density at radius 2 is 2.12 bits per heavy atom. The largest absolute Gasteiger partial charge is 0.378 e. The van der Waals surface area contributed by atoms with Gasteiger partial charge in [-0.3, -0.25) is 4.79 Å². The summed E-state index contributed by atoms with van der Waals surface area (Å²) >= 11 is 0. The number of benzene rings is 1. The fraction of sp³-hybridized carbons (Fsp3) is 0.632. The molecule has 0 radical (unpaired) electrons. The van der Waals surface area contributed by atoms with Crippen molar-refractivity contribution in [3.8, 4) is 0 Å². The maximum Gasteiger partial charge on any atom is 0.240 e. The average molecular weight is 351 g/mol. The van der Waals surface area contributed by atoms with Crippen LogP contribution in [0.2, 0.25) is 0 Å². The number of rotatable bonds is 8. The number of hydrogen-bond acceptors (Lipinski definition) is 4. The molecule has 0 spiro atoms. The molecule has 2 rings (SSSR count). The summed E-state index contributed by atoms with van der Waals surface area (Å²) in [5.41, 5.74) is 5.61. The standard InChI is InChI=1S/C19H30FN3O2/c1-5-25-16-13-19(21,18(16,2)3)17(24)22-11-8-12-23(4)15-10-7-6-9-14(15)20/h6-7,9-10,16H,5,8,11-13,21H2,1-4H3,(H,22,24). The molecule has 1 aliphatic rings. The summed E-state index contributed by atoms with van der Waals surface area (Å²) in [5.74, 6) is -0.380. The Morgan fingerprint density at radius 1 is 1.44 bits per heavy atom. The van der Waals surface area contributed by atoms with E-state index < -0.39 is 11.0 Å². The summed E-state index contributed by atoms with van der Waals surface area (Å²) in [7, 11) is 1.84. The van der Waals surface area contributed by atoms with Crippen molar-refractivity contribution < 1.29 is 13.9 Å². The van der Waals surface area contributed by atoms with Crippen molar-refractivity contribution >= 4 is 11.6 Å². The van der Waals surface area contributed by atoms with E-state index in [-0.39, 0.29) is 17.8 Å². The molecule has 0 saturated heterocycles. The molecule has 2 unspecified atom stereocenters. The lowest BCUT2D eigenvalue weighted by atomic mass is 9.54. The predicted octanol–water partition coefficient (Wildman–Crippen LogP) is 2.30. The monoisotopic (exact) mass is 351 g/mol. The number of halogens is 1. The molecule has 2 atom stereocenters. The third-order valence-corrected chi connectivity index (χ3v) is 5.45. The number of hydrogen-bond donors (Lipinski definition) is 2. The predicted molar refractivity (Wildman–Crippen MR) is 98.0 cm³/mol. The topological polar surface area (TPSA) is 67.6 Å². The Bertz CT molecular complexity index is 608. The number of anilines is 1. The van der Waals surface area contributed by atoms with Gasteiger partial charge in [0, 0.05) is 38.6 Å². The molecule has 5 nitrogen and oxygen atoms in total. The first-order valence-electron chi connectivity index (χ1n) is 8.88. The highest BCUT2D eigenvalue weighted by Crippen LogP contribution is 2.49. The van der Waals surface area contributed by atoms with Gasteiger partial charge in [0.25, 0.3) is 0 Å². The number of carbonyl (C=O) groups excluding carboxylic acids is 1. The van der Waals surface area contributed by atoms with Gasteiger partial charge in [-0.2, -0.15) is 0 Å². The second-order valence-corrected chi connectivity index (χ2v) is 7.32. The van der Waals surface area contributed by atoms with Gasteiger partial charge in [-0.25, -0.2) is 4.39 Å². The van der Waals surface area contributed by atoms with Gasteiger partial charge in [0.1, 0.15) is 11.4 Å². The van der Waals surface area contributed by atoms with Crippen molar-refractivity contribution in [1.29, 1.82) is 0 Å². The SMILES string of the molecule is CCOC1CC(N)(C(=O)NCCCN(C)c2ccccc2F)C1(C)C. The van der Waals surface area contributed by atoms with E-state index in [1.807, 2.05) is 38.8 Å². The van der Waals surface area contributed by atoms with E-state index in [2.05, 4.69) is 5.32 Å². The normalized spacial score (nSPS) is 24.5. The highest BCUT2D eigenvalue weighted by Gasteiger charge is 2.62. The van der Waals surface area contributed by atoms with Crippen LogP contribution in [0, 0.1) is 11.2 Å². The fourth-order valence-electron chi connectivity index (χ4n) is 3.38. The van der Waals surface area contributed by atoms with Gasteiger partial charge < -0.3 is 20.7 Å². The van der Waals surface area contributed by atoms with E-state index in [1.54, 1.807) is 12.1 Å². The van der Waals surface area contributed by atoms with Crippen molar-refractivity contribution in [2.45, 2.75) is 45.3 Å². The molecule has 1 aromatic carbocycles. The summed E-state index contributed by atoms with van der Waals surface area (Å²) < 4.78 is 19.4. The molecule has 6 heteroatoms. The van der Waals surface area contributed by atoms with E-state index in [1.165, 1.54) is 6.07 Å². The summed E-state index contributed by atoms with van der Waals surface area (Å²) in [6, 6.07) is 6.67. The van der Waals surface area contributed by atoms with Crippen molar-refractivity contribution in [2.75, 3.05) is 31.6 Å². The van der Waals surface area contributed by atoms with E-state index in [0.717, 1.165) is 0 Å². The maximum absolute atomic E-state index is 13.7. The quantitative estimate of drug-likeness (QED) is 0.705. The van der Waals surface area contributed by atoms with E-state index >= 15 is 0 Å². The lowest BCUT2D eigenvalue weighted by molar-refractivity contribution is -0.170. The van der Waals surface area contributed by atoms with Crippen LogP contribution >= 0.6 is 0 Å². The fourth-order valence-corrected chi connectivity index (χ4v) is 3.38. The van der Waals surface area contributed by atoms with Crippen molar-refractivity contribution in [3.63, 3.8) is 0 Å². The molecule has 25 heavy (non-hydrogen) atoms. The van der Waals surface area contributed by atoms with Crippen LogP contribution in [-0.4, -0.2) is 44.3 Å². The molecule has 3 N–H and O–H groups in total. The molecule has 140 valence electrons. The van der Waals surface area contributed by atoms with Crippen LogP contribution in [0.5, 0.6) is 0 Å². The van der Waals surface area contributed by atoms with Crippen molar-refractivity contribution in [1.82, 2.24) is 5.32 Å². The van der Waals surface area contributed by atoms with Crippen LogP contribution < -0.4 is 16.0 Å². The summed E-state index contributed by atoms with van der Waals surface area (Å²) in [4.78, 5) is 14.4. The molecular weight excluding hydrogens is 321 g/mol. The minimum absolute atomic E-state index is 0.0143. The molecular formula is C19H30FN3O2. The molecule has 1 saturated carbocycles. The Labute approximate surface area is 149 Å². The zero-order valence-corrected chi connectivity index (χ0v) is 15.6. The Balaban J connectivity index is 1.79. The van der Waals surface area contributed by atoms with Crippen LogP contribution in [0.1, 0.15) is 33.6 Å². The molecule has 1 amide bonds. The number of carbonyl (C=O) groups is 1. The van der Waals surface area contributed by atoms with Gasteiger partial charge in [-0.05, 0) is 25.5 Å². The lowest BCUT2D eigenvalue weighted by Gasteiger charge is -2.57. The summed E-state index contributed by atoms with van der Waals surface area (Å²) in [6.07, 6.45) is 1.26. The van der Waals surface area contributed by atoms with Crippen LogP contribution in [-0.2, 0) is 9.53 Å². The number of para-hydroxylation sites is 1. The molecule has 0 aliphatic heterocycles. The molecule has 0 heterocycles. The first-order valence-corrected chi connectivity index (χ1v) is 8.88. The molecule has 1 aromatic rings. The van der Waals surface area contributed by atoms with E-state index in [9.17, 15) is 9.18 Å². The number of nitrogens with one attached hydrogen (secondary N) is 1. The van der Waals surface area contributed by atoms with Gasteiger partial charge in [0.2, 0.25) is 5.91 Å². The highest BCUT2D eigenvalue weighted by molar-refractivity contribution is 5.88. The zero-order valence-electron chi connectivity index (χ0n) is 15.6. The van der Waals surface area contributed by atoms with Gasteiger partial charge in [0.15, 0.2) is 0 Å². The van der Waals surface area contributed by atoms with Crippen molar-refractivity contribution in [2.24, 2.45) is 11.1 Å². The summed E-state index contributed by atoms with van der Waals surface area (Å²) in [5, 5.41) is 2.92. The maximum atomic E-state index is 13.7.